The molecule has 3 rings (SSSR count). The van der Waals surface area contributed by atoms with Crippen LogP contribution in [0.5, 0.6) is 0 Å². The van der Waals surface area contributed by atoms with Gasteiger partial charge in [-0.1, -0.05) is 0 Å². The van der Waals surface area contributed by atoms with Crippen LogP contribution < -0.4 is 5.32 Å². The summed E-state index contributed by atoms with van der Waals surface area (Å²) in [5, 5.41) is 3.49. The first kappa shape index (κ1) is 23.2. The molecule has 158 valence electrons. The molecule has 0 aromatic heterocycles. The number of halogens is 1. The van der Waals surface area contributed by atoms with Gasteiger partial charge in [-0.3, -0.25) is 4.99 Å². The molecule has 0 amide bonds. The van der Waals surface area contributed by atoms with Crippen LogP contribution >= 0.6 is 24.0 Å². The molecule has 1 N–H and O–H groups in total. The quantitative estimate of drug-likeness (QED) is 0.350. The van der Waals surface area contributed by atoms with Crippen LogP contribution in [0.25, 0.3) is 0 Å². The van der Waals surface area contributed by atoms with Gasteiger partial charge in [0.2, 0.25) is 0 Å². The van der Waals surface area contributed by atoms with Crippen molar-refractivity contribution in [1.29, 1.82) is 0 Å². The zero-order chi connectivity index (χ0) is 18.2. The normalized spacial score (nSPS) is 28.2. The van der Waals surface area contributed by atoms with Gasteiger partial charge in [-0.05, 0) is 65.5 Å². The lowest BCUT2D eigenvalue weighted by molar-refractivity contribution is -0.0721. The highest BCUT2D eigenvalue weighted by Gasteiger charge is 2.25. The van der Waals surface area contributed by atoms with Gasteiger partial charge < -0.3 is 24.6 Å². The molecule has 0 saturated carbocycles. The average Bonchev–Trinajstić information content (AvgIpc) is 3.10. The Labute approximate surface area is 182 Å². The minimum atomic E-state index is 0. The number of rotatable bonds is 6. The van der Waals surface area contributed by atoms with Gasteiger partial charge in [0.05, 0.1) is 25.4 Å². The van der Waals surface area contributed by atoms with Crippen LogP contribution in [0, 0.1) is 0 Å². The first-order valence-electron chi connectivity index (χ1n) is 10.7. The van der Waals surface area contributed by atoms with E-state index in [1.165, 1.54) is 32.2 Å². The van der Waals surface area contributed by atoms with Gasteiger partial charge in [0.1, 0.15) is 0 Å². The van der Waals surface area contributed by atoms with E-state index >= 15 is 0 Å². The lowest BCUT2D eigenvalue weighted by Crippen LogP contribution is -2.47. The van der Waals surface area contributed by atoms with Crippen molar-refractivity contribution in [2.75, 3.05) is 53.0 Å². The van der Waals surface area contributed by atoms with Crippen molar-refractivity contribution < 1.29 is 9.47 Å². The van der Waals surface area contributed by atoms with Crippen LogP contribution in [0.15, 0.2) is 4.99 Å². The third-order valence-electron chi connectivity index (χ3n) is 5.99. The lowest BCUT2D eigenvalue weighted by Gasteiger charge is -2.35. The largest absolute Gasteiger partial charge is 0.376 e. The maximum Gasteiger partial charge on any atom is 0.193 e. The molecule has 3 aliphatic heterocycles. The van der Waals surface area contributed by atoms with E-state index in [0.717, 1.165) is 64.6 Å². The van der Waals surface area contributed by atoms with Crippen LogP contribution in [-0.4, -0.2) is 87.0 Å². The molecule has 3 aliphatic rings. The third kappa shape index (κ3) is 7.33. The molecule has 0 aromatic rings. The number of hydrogen-bond donors (Lipinski definition) is 1. The van der Waals surface area contributed by atoms with Crippen molar-refractivity contribution >= 4 is 29.9 Å². The lowest BCUT2D eigenvalue weighted by atomic mass is 10.1. The molecule has 3 fully saturated rings. The van der Waals surface area contributed by atoms with Gasteiger partial charge >= 0.3 is 0 Å². The fourth-order valence-corrected chi connectivity index (χ4v) is 4.24. The van der Waals surface area contributed by atoms with Crippen LogP contribution in [0.2, 0.25) is 0 Å². The average molecular weight is 494 g/mol. The van der Waals surface area contributed by atoms with Gasteiger partial charge in [0.25, 0.3) is 0 Å². The number of hydrogen-bond acceptors (Lipinski definition) is 4. The standard InChI is InChI=1S/C20H38N4O2.HI/c1-3-21-20(22-15-17-7-6-11-23(17)2)24-12-9-18(10-13-24)26-16-19-8-4-5-14-25-19;/h17-19H,3-16H2,1-2H3,(H,21,22);1H. The number of nitrogens with zero attached hydrogens (tertiary/aromatic N) is 3. The van der Waals surface area contributed by atoms with Crippen LogP contribution in [0.4, 0.5) is 0 Å². The Hall–Kier alpha value is -0.120. The molecule has 0 radical (unpaired) electrons. The molecule has 2 unspecified atom stereocenters. The van der Waals surface area contributed by atoms with Gasteiger partial charge in [0.15, 0.2) is 5.96 Å². The number of likely N-dealkylation sites (tertiary alicyclic amines) is 2. The van der Waals surface area contributed by atoms with Crippen molar-refractivity contribution in [3.05, 3.63) is 0 Å². The molecule has 7 heteroatoms. The summed E-state index contributed by atoms with van der Waals surface area (Å²) in [4.78, 5) is 9.80. The summed E-state index contributed by atoms with van der Waals surface area (Å²) in [6, 6.07) is 0.611. The molecule has 0 bridgehead atoms. The van der Waals surface area contributed by atoms with E-state index in [2.05, 4.69) is 29.1 Å². The summed E-state index contributed by atoms with van der Waals surface area (Å²) in [5.74, 6) is 1.09. The Balaban J connectivity index is 0.00000261. The van der Waals surface area contributed by atoms with Gasteiger partial charge in [-0.25, -0.2) is 0 Å². The topological polar surface area (TPSA) is 49.3 Å². The molecule has 2 atom stereocenters. The molecular weight excluding hydrogens is 455 g/mol. The molecule has 3 heterocycles. The second-order valence-corrected chi connectivity index (χ2v) is 7.98. The maximum atomic E-state index is 6.15. The fourth-order valence-electron chi connectivity index (χ4n) is 4.24. The minimum Gasteiger partial charge on any atom is -0.376 e. The van der Waals surface area contributed by atoms with Crippen molar-refractivity contribution in [1.82, 2.24) is 15.1 Å². The Morgan fingerprint density at radius 1 is 1.11 bits per heavy atom. The third-order valence-corrected chi connectivity index (χ3v) is 5.99. The first-order valence-corrected chi connectivity index (χ1v) is 10.7. The van der Waals surface area contributed by atoms with E-state index in [-0.39, 0.29) is 24.0 Å². The molecule has 3 saturated heterocycles. The van der Waals surface area contributed by atoms with E-state index in [1.807, 2.05) is 0 Å². The van der Waals surface area contributed by atoms with Crippen molar-refractivity contribution in [2.24, 2.45) is 4.99 Å². The first-order chi connectivity index (χ1) is 12.8. The van der Waals surface area contributed by atoms with Gasteiger partial charge in [-0.2, -0.15) is 0 Å². The summed E-state index contributed by atoms with van der Waals surface area (Å²) < 4.78 is 11.9. The summed E-state index contributed by atoms with van der Waals surface area (Å²) in [6.45, 7) is 8.94. The van der Waals surface area contributed by atoms with Crippen LogP contribution in [0.3, 0.4) is 0 Å². The number of piperidine rings is 1. The van der Waals surface area contributed by atoms with Crippen LogP contribution in [-0.2, 0) is 9.47 Å². The van der Waals surface area contributed by atoms with Crippen molar-refractivity contribution in [2.45, 2.75) is 70.1 Å². The predicted molar refractivity (Wildman–Crippen MR) is 121 cm³/mol. The molecule has 0 aliphatic carbocycles. The molecule has 27 heavy (non-hydrogen) atoms. The van der Waals surface area contributed by atoms with Gasteiger partial charge in [0, 0.05) is 32.3 Å². The SMILES string of the molecule is CCNC(=NCC1CCCN1C)N1CCC(OCC2CCCCO2)CC1.I. The highest BCUT2D eigenvalue weighted by molar-refractivity contribution is 14.0. The summed E-state index contributed by atoms with van der Waals surface area (Å²) in [7, 11) is 2.22. The zero-order valence-corrected chi connectivity index (χ0v) is 19.5. The van der Waals surface area contributed by atoms with E-state index in [9.17, 15) is 0 Å². The van der Waals surface area contributed by atoms with E-state index in [0.29, 0.717) is 18.2 Å². The fraction of sp³-hybridized carbons (Fsp3) is 0.950. The van der Waals surface area contributed by atoms with Crippen LogP contribution in [0.1, 0.15) is 51.9 Å². The number of ether oxygens (including phenoxy) is 2. The van der Waals surface area contributed by atoms with E-state index in [4.69, 9.17) is 14.5 Å². The predicted octanol–water partition coefficient (Wildman–Crippen LogP) is 2.71. The highest BCUT2D eigenvalue weighted by Crippen LogP contribution is 2.19. The number of nitrogens with one attached hydrogen (secondary N) is 1. The Morgan fingerprint density at radius 2 is 1.93 bits per heavy atom. The Kier molecular flexibility index (Phi) is 10.7. The molecule has 0 aromatic carbocycles. The molecule has 6 nitrogen and oxygen atoms in total. The molecular formula is C20H39IN4O2. The summed E-state index contributed by atoms with van der Waals surface area (Å²) in [6.07, 6.45) is 9.10. The summed E-state index contributed by atoms with van der Waals surface area (Å²) >= 11 is 0. The van der Waals surface area contributed by atoms with Crippen molar-refractivity contribution in [3.63, 3.8) is 0 Å². The smallest absolute Gasteiger partial charge is 0.193 e. The minimum absolute atomic E-state index is 0. The van der Waals surface area contributed by atoms with Crippen molar-refractivity contribution in [3.8, 4) is 0 Å². The van der Waals surface area contributed by atoms with E-state index < -0.39 is 0 Å². The summed E-state index contributed by atoms with van der Waals surface area (Å²) in [5.41, 5.74) is 0. The number of guanidine groups is 1. The second-order valence-electron chi connectivity index (χ2n) is 7.98. The monoisotopic (exact) mass is 494 g/mol. The number of likely N-dealkylation sites (N-methyl/N-ethyl adjacent to an activating group) is 1. The maximum absolute atomic E-state index is 6.15. The Bertz CT molecular complexity index is 438. The zero-order valence-electron chi connectivity index (χ0n) is 17.2. The highest BCUT2D eigenvalue weighted by atomic mass is 127. The number of aliphatic imine (C=N–C) groups is 1. The Morgan fingerprint density at radius 3 is 2.56 bits per heavy atom. The molecule has 0 spiro atoms. The second kappa shape index (κ2) is 12.4. The van der Waals surface area contributed by atoms with E-state index in [1.54, 1.807) is 0 Å². The van der Waals surface area contributed by atoms with Gasteiger partial charge in [-0.15, -0.1) is 24.0 Å².